The number of carboxylic acid groups (broad SMARTS) is 1. The van der Waals surface area contributed by atoms with E-state index >= 15 is 28.8 Å². The van der Waals surface area contributed by atoms with Crippen LogP contribution in [0.1, 0.15) is 106 Å². The first kappa shape index (κ1) is 101. The lowest BCUT2D eigenvalue weighted by atomic mass is 9.99. The number of thioether (sulfide) groups is 1. The average molecular weight is 1800 g/mol. The number of phenolic OH excluding ortho intramolecular Hbond substituents is 2. The van der Waals surface area contributed by atoms with E-state index in [9.17, 15) is 63.3 Å². The van der Waals surface area contributed by atoms with Gasteiger partial charge in [0.15, 0.2) is 0 Å². The number of amides is 15. The third-order valence-corrected chi connectivity index (χ3v) is 23.2. The number of likely N-dealkylation sites (N-methyl/N-ethyl adjacent to an activating group) is 5. The van der Waals surface area contributed by atoms with Crippen LogP contribution >= 0.6 is 11.8 Å². The zero-order valence-corrected chi connectivity index (χ0v) is 74.7. The fourth-order valence-corrected chi connectivity index (χ4v) is 15.8. The molecule has 690 valence electrons. The van der Waals surface area contributed by atoms with E-state index in [4.69, 9.17) is 5.73 Å². The van der Waals surface area contributed by atoms with E-state index in [0.29, 0.717) is 51.6 Å². The molecule has 36 heteroatoms. The minimum absolute atomic E-state index is 0.0265. The van der Waals surface area contributed by atoms with Crippen molar-refractivity contribution in [3.05, 3.63) is 203 Å². The number of nitrogens with one attached hydrogen (secondary N) is 10. The second-order valence-electron chi connectivity index (χ2n) is 32.7. The van der Waals surface area contributed by atoms with Gasteiger partial charge in [-0.2, -0.15) is 0 Å². The number of hydrogen-bond donors (Lipinski definition) is 14. The molecule has 0 bridgehead atoms. The highest BCUT2D eigenvalue weighted by molar-refractivity contribution is 8.00. The third kappa shape index (κ3) is 31.1. The Morgan fingerprint density at radius 3 is 1.49 bits per heavy atom. The second kappa shape index (κ2) is 49.4. The number of nitrogens with two attached hydrogens (primary N) is 1. The molecule has 0 saturated carbocycles. The molecule has 8 rings (SSSR count). The van der Waals surface area contributed by atoms with E-state index in [1.807, 2.05) is 19.1 Å². The van der Waals surface area contributed by atoms with Crippen molar-refractivity contribution >= 4 is 117 Å². The summed E-state index contributed by atoms with van der Waals surface area (Å²) in [4.78, 5) is 242. The van der Waals surface area contributed by atoms with Crippen molar-refractivity contribution in [2.45, 2.75) is 178 Å². The van der Waals surface area contributed by atoms with Crippen LogP contribution in [0.2, 0.25) is 0 Å². The minimum Gasteiger partial charge on any atom is -0.508 e. The maximum Gasteiger partial charge on any atom is 0.305 e. The van der Waals surface area contributed by atoms with E-state index in [1.54, 1.807) is 135 Å². The van der Waals surface area contributed by atoms with Crippen molar-refractivity contribution in [1.29, 1.82) is 0 Å². The number of H-pyrrole nitrogens is 1. The summed E-state index contributed by atoms with van der Waals surface area (Å²) in [6, 6.07) is 28.2. The van der Waals surface area contributed by atoms with Crippen molar-refractivity contribution < 1.29 is 92.0 Å². The lowest BCUT2D eigenvalue weighted by Gasteiger charge is -2.37. The molecule has 6 aromatic carbocycles. The number of fused-ring (bicyclic) bond motifs is 1. The first-order valence-corrected chi connectivity index (χ1v) is 43.9. The van der Waals surface area contributed by atoms with E-state index in [-0.39, 0.29) is 87.4 Å². The fourth-order valence-electron chi connectivity index (χ4n) is 15.0. The zero-order valence-electron chi connectivity index (χ0n) is 73.9. The number of aliphatic carboxylic acids is 1. The number of hydrogen-bond acceptors (Lipinski definition) is 19. The quantitative estimate of drug-likeness (QED) is 0.0413. The zero-order chi connectivity index (χ0) is 94.1. The van der Waals surface area contributed by atoms with Gasteiger partial charge in [-0.1, -0.05) is 167 Å². The molecular formula is C93H118N16O19S. The van der Waals surface area contributed by atoms with Crippen molar-refractivity contribution in [1.82, 2.24) is 77.3 Å². The van der Waals surface area contributed by atoms with Crippen LogP contribution in [-0.4, -0.2) is 272 Å². The molecule has 1 aromatic heterocycles. The van der Waals surface area contributed by atoms with Crippen molar-refractivity contribution in [2.75, 3.05) is 66.4 Å². The molecule has 7 aromatic rings. The minimum atomic E-state index is -1.89. The van der Waals surface area contributed by atoms with Crippen LogP contribution < -0.4 is 53.6 Å². The summed E-state index contributed by atoms with van der Waals surface area (Å²) in [7, 11) is 6.55. The predicted octanol–water partition coefficient (Wildman–Crippen LogP) is 2.47. The van der Waals surface area contributed by atoms with Crippen molar-refractivity contribution in [3.8, 4) is 11.5 Å². The van der Waals surface area contributed by atoms with Gasteiger partial charge in [0, 0.05) is 83.8 Å². The highest BCUT2D eigenvalue weighted by Crippen LogP contribution is 2.24. The summed E-state index contributed by atoms with van der Waals surface area (Å²) >= 11 is 0.838. The molecule has 15 N–H and O–H groups in total. The number of aromatic hydroxyl groups is 2. The van der Waals surface area contributed by atoms with Crippen LogP contribution in [-0.2, 0) is 115 Å². The summed E-state index contributed by atoms with van der Waals surface area (Å²) in [5.74, 6) is -16.4. The lowest BCUT2D eigenvalue weighted by molar-refractivity contribution is -0.151. The maximum atomic E-state index is 15.5. The smallest absolute Gasteiger partial charge is 0.305 e. The van der Waals surface area contributed by atoms with Gasteiger partial charge in [-0.25, -0.2) is 0 Å². The van der Waals surface area contributed by atoms with Gasteiger partial charge in [0.05, 0.1) is 31.8 Å². The molecule has 0 radical (unpaired) electrons. The molecular weight excluding hydrogens is 1680 g/mol. The van der Waals surface area contributed by atoms with E-state index in [0.717, 1.165) is 32.0 Å². The normalized spacial score (nSPS) is 21.9. The number of carboxylic acids is 1. The number of carbonyl (C=O) groups excluding carboxylic acids is 15. The number of rotatable bonds is 24. The van der Waals surface area contributed by atoms with E-state index in [2.05, 4.69) is 52.8 Å². The van der Waals surface area contributed by atoms with Crippen molar-refractivity contribution in [2.24, 2.45) is 11.7 Å². The van der Waals surface area contributed by atoms with Gasteiger partial charge < -0.3 is 98.4 Å². The van der Waals surface area contributed by atoms with Crippen LogP contribution in [0.4, 0.5) is 0 Å². The number of aromatic amines is 1. The van der Waals surface area contributed by atoms with E-state index < -0.39 is 193 Å². The maximum absolute atomic E-state index is 15.5. The molecule has 1 aliphatic heterocycles. The Morgan fingerprint density at radius 1 is 0.465 bits per heavy atom. The van der Waals surface area contributed by atoms with Crippen LogP contribution in [0, 0.1) is 5.92 Å². The SMILES string of the molecule is CCCC[C@H]1C(=O)N(C)CC(=O)N[C@@H](CC(=O)O)C(=O)N[C@@H](C)C(=O)N(C)[C@@H](Cc2ccccc2)C(=O)N[C@@H](CCc2ccc(O)cc2)C(=O)N(C)CC(=O)N[C@@H](Cc2c[nH]c3ccccc23)C(=O)N[C@@H](Cc2ccc(O)cc2)C(=O)N[C@@H](CC(C)C)C(=O)N[C@H](C(=O)NCC(N)=O)CSCC(=O)N[C@@H](CCc2ccccc2)C(=O)N(C)[C@@H](Cc2ccccc2)C(=O)N1C. The molecule has 1 saturated heterocycles. The number of nitrogens with zero attached hydrogens (tertiary/aromatic N) is 5. The van der Waals surface area contributed by atoms with Gasteiger partial charge in [0.2, 0.25) is 88.6 Å². The first-order valence-electron chi connectivity index (χ1n) is 42.8. The van der Waals surface area contributed by atoms with Gasteiger partial charge >= 0.3 is 5.97 Å². The largest absolute Gasteiger partial charge is 0.508 e. The number of phenols is 2. The number of primary amides is 1. The highest BCUT2D eigenvalue weighted by atomic mass is 32.2. The van der Waals surface area contributed by atoms with Gasteiger partial charge in [0.25, 0.3) is 0 Å². The third-order valence-electron chi connectivity index (χ3n) is 22.1. The second-order valence-corrected chi connectivity index (χ2v) is 33.8. The first-order chi connectivity index (χ1) is 61.5. The topological polar surface area (TPSA) is 500 Å². The molecule has 15 amide bonds. The number of aromatic nitrogens is 1. The molecule has 0 spiro atoms. The molecule has 35 nitrogen and oxygen atoms in total. The highest BCUT2D eigenvalue weighted by Gasteiger charge is 2.41. The Hall–Kier alpha value is -13.7. The molecule has 0 unspecified atom stereocenters. The monoisotopic (exact) mass is 1790 g/mol. The summed E-state index contributed by atoms with van der Waals surface area (Å²) in [6.45, 7) is 4.34. The Morgan fingerprint density at radius 2 is 0.922 bits per heavy atom. The number of aryl methyl sites for hydroxylation is 2. The van der Waals surface area contributed by atoms with Gasteiger partial charge in [-0.3, -0.25) is 76.7 Å². The lowest BCUT2D eigenvalue weighted by Crippen LogP contribution is -2.60. The van der Waals surface area contributed by atoms with Gasteiger partial charge in [-0.05, 0) is 115 Å². The van der Waals surface area contributed by atoms with E-state index in [1.165, 1.54) is 88.4 Å². The molecule has 2 heterocycles. The number of unbranched alkanes of at least 4 members (excludes halogenated alkanes) is 1. The van der Waals surface area contributed by atoms with Crippen LogP contribution in [0.3, 0.4) is 0 Å². The van der Waals surface area contributed by atoms with Gasteiger partial charge in [0.1, 0.15) is 78.0 Å². The summed E-state index contributed by atoms with van der Waals surface area (Å²) in [6.07, 6.45) is 0.695. The van der Waals surface area contributed by atoms with Gasteiger partial charge in [-0.15, -0.1) is 11.8 Å². The summed E-state index contributed by atoms with van der Waals surface area (Å²) < 4.78 is 0. The number of benzene rings is 6. The molecule has 11 atom stereocenters. The number of carbonyl (C=O) groups is 16. The molecule has 1 aliphatic rings. The summed E-state index contributed by atoms with van der Waals surface area (Å²) in [5, 5.41) is 55.2. The predicted molar refractivity (Wildman–Crippen MR) is 482 cm³/mol. The fraction of sp³-hybridized carbons (Fsp3) is 0.419. The molecule has 0 aliphatic carbocycles. The average Bonchev–Trinajstić information content (AvgIpc) is 1.81. The van der Waals surface area contributed by atoms with Crippen LogP contribution in [0.25, 0.3) is 10.9 Å². The molecule has 1 fully saturated rings. The van der Waals surface area contributed by atoms with Crippen molar-refractivity contribution in [3.63, 3.8) is 0 Å². The summed E-state index contributed by atoms with van der Waals surface area (Å²) in [5.41, 5.74) is 9.55. The number of para-hydroxylation sites is 1. The Labute approximate surface area is 753 Å². The Kier molecular flexibility index (Phi) is 38.6. The standard InChI is InChI=1S/C93H118N16O19S/c1-10-11-31-75-92(127)106(6)53-80(114)100-73(49-82(116)117)84(119)97-57(4)89(124)108(8)76(46-60-25-17-13-18-26-60)88(123)101-68(42-37-59-32-38-64(110)39-33-59)90(125)105(5)52-79(113)99-72(48-63-50-95-67-30-22-21-29-66(63)67)87(122)103-71(45-62-34-40-65(111)41-35-62)86(121)102-70(44-56(2)3)85(120)104-74(83(118)96-51-78(94)112)54-129-55-81(115)98-69(43-36-58-23-15-12-16-24-58)91(126)109(9)77(93(128)107(75)7)47-61-27-19-14-20-28-61/h12-30,32-35,38-41,50,56-57,68-77,95,110-111H,10-11,31,36-37,42-49,51-55H2,1-9H3,(H2,94,112)(H,96,118)(H,97,119)(H,98,115)(H,99,113)(H,100,114)(H,101,123)(H,102,121)(H,103,122)(H,104,120)(H,116,117)/t57-,68-,69-,70-,71-,72-,73-,74-,75-,76-,77-/m0/s1. The molecule has 129 heavy (non-hydrogen) atoms. The Balaban J connectivity index is 1.20. The Bertz CT molecular complexity index is 5050. The van der Waals surface area contributed by atoms with Crippen LogP contribution in [0.5, 0.6) is 11.5 Å². The van der Waals surface area contributed by atoms with Crippen LogP contribution in [0.15, 0.2) is 170 Å².